The van der Waals surface area contributed by atoms with Gasteiger partial charge in [0, 0.05) is 0 Å². The summed E-state index contributed by atoms with van der Waals surface area (Å²) in [5.74, 6) is 0.461. The standard InChI is InChI=1S/C16H17FN2O3S2/c17-14-6-11(19-8-12(7-18-9-23)22-16(19)21)1-2-13(14)10-3-4-24-15(20)5-10/h1-2,6,10,12,15,20H,3-5,7-8H2/t10-,12?,15-/m1/s1. The van der Waals surface area contributed by atoms with Crippen LogP contribution in [0.2, 0.25) is 0 Å². The van der Waals surface area contributed by atoms with E-state index in [1.165, 1.54) is 22.7 Å². The van der Waals surface area contributed by atoms with Crippen molar-refractivity contribution in [3.05, 3.63) is 29.6 Å². The maximum Gasteiger partial charge on any atom is 0.414 e. The summed E-state index contributed by atoms with van der Waals surface area (Å²) in [7, 11) is 0. The van der Waals surface area contributed by atoms with Gasteiger partial charge in [0.05, 0.1) is 29.4 Å². The van der Waals surface area contributed by atoms with Gasteiger partial charge in [-0.2, -0.15) is 0 Å². The van der Waals surface area contributed by atoms with Crippen LogP contribution in [0.4, 0.5) is 14.9 Å². The minimum Gasteiger partial charge on any atom is -0.442 e. The number of hydrogen-bond donors (Lipinski definition) is 1. The molecule has 0 saturated carbocycles. The molecule has 2 heterocycles. The third kappa shape index (κ3) is 3.78. The highest BCUT2D eigenvalue weighted by molar-refractivity contribution is 7.99. The van der Waals surface area contributed by atoms with Gasteiger partial charge in [-0.05, 0) is 54.4 Å². The van der Waals surface area contributed by atoms with E-state index in [0.29, 0.717) is 24.2 Å². The van der Waals surface area contributed by atoms with Crippen LogP contribution in [-0.4, -0.2) is 46.7 Å². The number of aliphatic hydroxyl groups excluding tert-OH is 1. The number of amides is 1. The van der Waals surface area contributed by atoms with Gasteiger partial charge in [-0.25, -0.2) is 14.2 Å². The molecule has 2 aliphatic rings. The van der Waals surface area contributed by atoms with Crippen LogP contribution < -0.4 is 4.90 Å². The summed E-state index contributed by atoms with van der Waals surface area (Å²) in [5, 5.41) is 12.0. The summed E-state index contributed by atoms with van der Waals surface area (Å²) in [6, 6.07) is 4.78. The van der Waals surface area contributed by atoms with Crippen LogP contribution in [0.1, 0.15) is 24.3 Å². The summed E-state index contributed by atoms with van der Waals surface area (Å²) in [5.41, 5.74) is 0.604. The molecule has 1 unspecified atom stereocenters. The molecular formula is C16H17FN2O3S2. The monoisotopic (exact) mass is 368 g/mol. The third-order valence-corrected chi connectivity index (χ3v) is 5.41. The zero-order chi connectivity index (χ0) is 17.1. The summed E-state index contributed by atoms with van der Waals surface area (Å²) in [4.78, 5) is 17.1. The molecule has 2 fully saturated rings. The number of hydrogen-bond acceptors (Lipinski definition) is 6. The van der Waals surface area contributed by atoms with Crippen LogP contribution >= 0.6 is 24.0 Å². The van der Waals surface area contributed by atoms with Gasteiger partial charge in [0.2, 0.25) is 0 Å². The number of benzene rings is 1. The van der Waals surface area contributed by atoms with E-state index in [9.17, 15) is 14.3 Å². The van der Waals surface area contributed by atoms with Crippen LogP contribution in [0.5, 0.6) is 0 Å². The van der Waals surface area contributed by atoms with Gasteiger partial charge in [-0.15, -0.1) is 11.8 Å². The molecule has 0 aromatic heterocycles. The van der Waals surface area contributed by atoms with Crippen molar-refractivity contribution in [2.45, 2.75) is 30.3 Å². The number of rotatable bonds is 4. The van der Waals surface area contributed by atoms with Gasteiger partial charge in [-0.1, -0.05) is 6.07 Å². The number of isothiocyanates is 1. The first-order valence-corrected chi connectivity index (χ1v) is 9.15. The highest BCUT2D eigenvalue weighted by Crippen LogP contribution is 2.37. The van der Waals surface area contributed by atoms with Crippen molar-refractivity contribution in [2.24, 2.45) is 4.99 Å². The summed E-state index contributed by atoms with van der Waals surface area (Å²) < 4.78 is 19.7. The van der Waals surface area contributed by atoms with Crippen molar-refractivity contribution in [3.63, 3.8) is 0 Å². The van der Waals surface area contributed by atoms with Gasteiger partial charge in [0.1, 0.15) is 11.9 Å². The SMILES string of the molecule is O=C1OC(CN=C=S)CN1c1ccc([C@@H]2CCS[C@@H](O)C2)c(F)c1. The summed E-state index contributed by atoms with van der Waals surface area (Å²) in [6.07, 6.45) is 0.462. The quantitative estimate of drug-likeness (QED) is 0.653. The van der Waals surface area contributed by atoms with Crippen molar-refractivity contribution in [1.29, 1.82) is 0 Å². The first-order valence-electron chi connectivity index (χ1n) is 7.69. The third-order valence-electron chi connectivity index (χ3n) is 4.23. The average molecular weight is 368 g/mol. The number of nitrogens with zero attached hydrogens (tertiary/aromatic N) is 2. The fourth-order valence-electron chi connectivity index (χ4n) is 3.04. The predicted molar refractivity (Wildman–Crippen MR) is 94.3 cm³/mol. The molecule has 3 rings (SSSR count). The smallest absolute Gasteiger partial charge is 0.414 e. The maximum absolute atomic E-state index is 14.5. The second kappa shape index (κ2) is 7.61. The lowest BCUT2D eigenvalue weighted by Gasteiger charge is -2.26. The van der Waals surface area contributed by atoms with Crippen molar-refractivity contribution in [2.75, 3.05) is 23.7 Å². The molecule has 0 radical (unpaired) electrons. The van der Waals surface area contributed by atoms with Crippen molar-refractivity contribution >= 4 is 40.9 Å². The molecule has 0 spiro atoms. The van der Waals surface area contributed by atoms with Crippen molar-refractivity contribution in [1.82, 2.24) is 0 Å². The molecule has 0 bridgehead atoms. The molecule has 0 aliphatic carbocycles. The Labute approximate surface area is 148 Å². The number of anilines is 1. The number of thioether (sulfide) groups is 1. The van der Waals surface area contributed by atoms with Gasteiger partial charge >= 0.3 is 6.09 Å². The molecule has 128 valence electrons. The summed E-state index contributed by atoms with van der Waals surface area (Å²) >= 11 is 6.00. The van der Waals surface area contributed by atoms with E-state index in [2.05, 4.69) is 22.4 Å². The number of carbonyl (C=O) groups is 1. The molecule has 1 aromatic carbocycles. The minimum atomic E-state index is -0.517. The molecule has 1 aromatic rings. The highest BCUT2D eigenvalue weighted by atomic mass is 32.2. The van der Waals surface area contributed by atoms with E-state index in [4.69, 9.17) is 4.74 Å². The lowest BCUT2D eigenvalue weighted by atomic mass is 9.92. The van der Waals surface area contributed by atoms with E-state index >= 15 is 0 Å². The maximum atomic E-state index is 14.5. The Balaban J connectivity index is 1.75. The first-order chi connectivity index (χ1) is 11.6. The molecule has 8 heteroatoms. The molecule has 5 nitrogen and oxygen atoms in total. The number of carbonyl (C=O) groups excluding carboxylic acids is 1. The molecule has 3 atom stereocenters. The van der Waals surface area contributed by atoms with E-state index < -0.39 is 17.6 Å². The largest absolute Gasteiger partial charge is 0.442 e. The molecule has 1 amide bonds. The van der Waals surface area contributed by atoms with E-state index in [0.717, 1.165) is 12.2 Å². The van der Waals surface area contributed by atoms with Crippen molar-refractivity contribution in [3.8, 4) is 0 Å². The normalized spacial score (nSPS) is 26.8. The Morgan fingerprint density at radius 3 is 3.08 bits per heavy atom. The first kappa shape index (κ1) is 17.4. The zero-order valence-electron chi connectivity index (χ0n) is 12.9. The average Bonchev–Trinajstić information content (AvgIpc) is 2.93. The number of ether oxygens (including phenoxy) is 1. The second-order valence-electron chi connectivity index (χ2n) is 5.80. The Hall–Kier alpha value is -1.47. The highest BCUT2D eigenvalue weighted by Gasteiger charge is 2.33. The van der Waals surface area contributed by atoms with Crippen LogP contribution in [0.15, 0.2) is 23.2 Å². The van der Waals surface area contributed by atoms with Crippen LogP contribution in [0, 0.1) is 5.82 Å². The lowest BCUT2D eigenvalue weighted by Crippen LogP contribution is -2.25. The Morgan fingerprint density at radius 1 is 1.54 bits per heavy atom. The van der Waals surface area contributed by atoms with Gasteiger partial charge < -0.3 is 9.84 Å². The Morgan fingerprint density at radius 2 is 2.38 bits per heavy atom. The fourth-order valence-corrected chi connectivity index (χ4v) is 4.18. The summed E-state index contributed by atoms with van der Waals surface area (Å²) in [6.45, 7) is 0.556. The Kier molecular flexibility index (Phi) is 5.50. The number of thiocarbonyl (C=S) groups is 1. The van der Waals surface area contributed by atoms with Crippen LogP contribution in [-0.2, 0) is 4.74 Å². The molecule has 24 heavy (non-hydrogen) atoms. The molecule has 1 N–H and O–H groups in total. The zero-order valence-corrected chi connectivity index (χ0v) is 14.5. The number of cyclic esters (lactones) is 1. The lowest BCUT2D eigenvalue weighted by molar-refractivity contribution is 0.145. The topological polar surface area (TPSA) is 62.1 Å². The van der Waals surface area contributed by atoms with Gasteiger partial charge in [0.25, 0.3) is 0 Å². The van der Waals surface area contributed by atoms with Crippen molar-refractivity contribution < 1.29 is 19.0 Å². The minimum absolute atomic E-state index is 0.00510. The van der Waals surface area contributed by atoms with E-state index in [-0.39, 0.29) is 18.3 Å². The molecule has 2 saturated heterocycles. The second-order valence-corrected chi connectivity index (χ2v) is 7.27. The van der Waals surface area contributed by atoms with Gasteiger partial charge in [-0.3, -0.25) is 4.90 Å². The van der Waals surface area contributed by atoms with Gasteiger partial charge in [0.15, 0.2) is 0 Å². The van der Waals surface area contributed by atoms with E-state index in [1.807, 2.05) is 0 Å². The molecule has 2 aliphatic heterocycles. The predicted octanol–water partition coefficient (Wildman–Crippen LogP) is 3.18. The van der Waals surface area contributed by atoms with Crippen LogP contribution in [0.25, 0.3) is 0 Å². The van der Waals surface area contributed by atoms with E-state index in [1.54, 1.807) is 12.1 Å². The fraction of sp³-hybridized carbons (Fsp3) is 0.500. The number of halogens is 1. The molecular weight excluding hydrogens is 351 g/mol. The van der Waals surface area contributed by atoms with Crippen LogP contribution in [0.3, 0.4) is 0 Å². The Bertz CT molecular complexity index is 681. The number of aliphatic imine (C=N–C) groups is 1. The number of aliphatic hydroxyl groups is 1.